The van der Waals surface area contributed by atoms with Crippen LogP contribution in [0.5, 0.6) is 0 Å². The molecule has 4 heteroatoms. The molecule has 0 rings (SSSR count). The van der Waals surface area contributed by atoms with Gasteiger partial charge in [0.1, 0.15) is 0 Å². The normalized spacial score (nSPS) is 11.6. The van der Waals surface area contributed by atoms with Gasteiger partial charge in [-0.1, -0.05) is 6.92 Å². The minimum atomic E-state index is -1.19. The highest BCUT2D eigenvalue weighted by Crippen LogP contribution is 2.29. The van der Waals surface area contributed by atoms with Gasteiger partial charge in [-0.3, -0.25) is 0 Å². The first-order valence-corrected chi connectivity index (χ1v) is 4.06. The molecule has 4 nitrogen and oxygen atoms in total. The fourth-order valence-electron chi connectivity index (χ4n) is 1.26. The zero-order valence-corrected chi connectivity index (χ0v) is 7.25. The fourth-order valence-corrected chi connectivity index (χ4v) is 1.26. The van der Waals surface area contributed by atoms with E-state index in [4.69, 9.17) is 10.2 Å². The maximum atomic E-state index is 10.7. The lowest BCUT2D eigenvalue weighted by Gasteiger charge is -2.32. The Labute approximate surface area is 71.8 Å². The number of carboxylic acids is 1. The first-order valence-electron chi connectivity index (χ1n) is 4.06. The largest absolute Gasteiger partial charge is 0.550 e. The molecular formula is C8H15O4-. The van der Waals surface area contributed by atoms with E-state index in [2.05, 4.69) is 0 Å². The molecule has 0 aromatic heterocycles. The molecule has 0 unspecified atom stereocenters. The maximum absolute atomic E-state index is 10.7. The Morgan fingerprint density at radius 1 is 1.33 bits per heavy atom. The average Bonchev–Trinajstić information content (AvgIpc) is 2.03. The maximum Gasteiger partial charge on any atom is 0.0477 e. The van der Waals surface area contributed by atoms with Crippen LogP contribution < -0.4 is 5.11 Å². The van der Waals surface area contributed by atoms with Gasteiger partial charge in [-0.05, 0) is 19.3 Å². The van der Waals surface area contributed by atoms with E-state index < -0.39 is 11.4 Å². The number of aliphatic hydroxyl groups is 2. The Kier molecular flexibility index (Phi) is 4.85. The summed E-state index contributed by atoms with van der Waals surface area (Å²) in [4.78, 5) is 10.7. The number of carbonyl (C=O) groups is 1. The molecule has 0 amide bonds. The Morgan fingerprint density at radius 2 is 1.75 bits per heavy atom. The van der Waals surface area contributed by atoms with Gasteiger partial charge in [0.25, 0.3) is 0 Å². The summed E-state index contributed by atoms with van der Waals surface area (Å²) in [6.07, 6.45) is 0.662. The van der Waals surface area contributed by atoms with Crippen molar-refractivity contribution in [3.05, 3.63) is 0 Å². The Morgan fingerprint density at radius 3 is 1.92 bits per heavy atom. The standard InChI is InChI=1S/C8H16O4/c1-2-8(3-5-9,4-6-10)7(11)12/h9-10H,2-6H2,1H3,(H,11,12)/p-1. The second kappa shape index (κ2) is 5.11. The van der Waals surface area contributed by atoms with Crippen LogP contribution in [0.15, 0.2) is 0 Å². The van der Waals surface area contributed by atoms with Gasteiger partial charge in [0.15, 0.2) is 0 Å². The van der Waals surface area contributed by atoms with Crippen molar-refractivity contribution in [2.45, 2.75) is 26.2 Å². The van der Waals surface area contributed by atoms with Gasteiger partial charge >= 0.3 is 0 Å². The summed E-state index contributed by atoms with van der Waals surface area (Å²) in [6.45, 7) is 1.32. The fraction of sp³-hybridized carbons (Fsp3) is 0.875. The molecule has 0 saturated heterocycles. The SMILES string of the molecule is CCC(CCO)(CCO)C(=O)[O-]. The van der Waals surface area contributed by atoms with Crippen LogP contribution in [0.4, 0.5) is 0 Å². The minimum absolute atomic E-state index is 0.145. The zero-order valence-electron chi connectivity index (χ0n) is 7.25. The molecule has 0 heterocycles. The second-order valence-electron chi connectivity index (χ2n) is 2.87. The van der Waals surface area contributed by atoms with Crippen LogP contribution >= 0.6 is 0 Å². The summed E-state index contributed by atoms with van der Waals surface area (Å²) < 4.78 is 0. The summed E-state index contributed by atoms with van der Waals surface area (Å²) in [5, 5.41) is 28.0. The zero-order chi connectivity index (χ0) is 9.61. The van der Waals surface area contributed by atoms with E-state index >= 15 is 0 Å². The minimum Gasteiger partial charge on any atom is -0.550 e. The van der Waals surface area contributed by atoms with E-state index in [1.54, 1.807) is 6.92 Å². The lowest BCUT2D eigenvalue weighted by molar-refractivity contribution is -0.321. The van der Waals surface area contributed by atoms with Crippen LogP contribution in [0.3, 0.4) is 0 Å². The second-order valence-corrected chi connectivity index (χ2v) is 2.87. The molecule has 0 aromatic carbocycles. The number of aliphatic hydroxyl groups excluding tert-OH is 2. The summed E-state index contributed by atoms with van der Waals surface area (Å²) in [7, 11) is 0. The molecule has 0 aromatic rings. The summed E-state index contributed by atoms with van der Waals surface area (Å²) in [6, 6.07) is 0. The monoisotopic (exact) mass is 175 g/mol. The van der Waals surface area contributed by atoms with Gasteiger partial charge in [-0.2, -0.15) is 0 Å². The number of hydrogen-bond acceptors (Lipinski definition) is 4. The Bertz CT molecular complexity index is 138. The molecule has 0 aliphatic heterocycles. The van der Waals surface area contributed by atoms with Crippen molar-refractivity contribution in [1.29, 1.82) is 0 Å². The van der Waals surface area contributed by atoms with Crippen molar-refractivity contribution in [3.63, 3.8) is 0 Å². The van der Waals surface area contributed by atoms with Gasteiger partial charge < -0.3 is 20.1 Å². The molecule has 0 bridgehead atoms. The summed E-state index contributed by atoms with van der Waals surface area (Å²) in [5.74, 6) is -1.19. The van der Waals surface area contributed by atoms with E-state index in [1.807, 2.05) is 0 Å². The molecule has 0 aliphatic carbocycles. The van der Waals surface area contributed by atoms with E-state index in [9.17, 15) is 9.90 Å². The number of aliphatic carboxylic acids is 1. The quantitative estimate of drug-likeness (QED) is 0.537. The van der Waals surface area contributed by atoms with Crippen LogP contribution in [-0.2, 0) is 4.79 Å². The van der Waals surface area contributed by atoms with Crippen LogP contribution in [0.2, 0.25) is 0 Å². The first kappa shape index (κ1) is 11.4. The van der Waals surface area contributed by atoms with Gasteiger partial charge in [0, 0.05) is 24.6 Å². The van der Waals surface area contributed by atoms with Crippen molar-refractivity contribution in [2.75, 3.05) is 13.2 Å². The predicted molar refractivity (Wildman–Crippen MR) is 41.1 cm³/mol. The van der Waals surface area contributed by atoms with Crippen LogP contribution in [0.1, 0.15) is 26.2 Å². The average molecular weight is 175 g/mol. The van der Waals surface area contributed by atoms with Crippen LogP contribution in [-0.4, -0.2) is 29.4 Å². The molecule has 2 N–H and O–H groups in total. The number of rotatable bonds is 6. The molecular weight excluding hydrogens is 160 g/mol. The first-order chi connectivity index (χ1) is 5.63. The third-order valence-corrected chi connectivity index (χ3v) is 2.29. The number of hydrogen-bond donors (Lipinski definition) is 2. The van der Waals surface area contributed by atoms with Gasteiger partial charge in [0.2, 0.25) is 0 Å². The van der Waals surface area contributed by atoms with Crippen LogP contribution in [0, 0.1) is 5.41 Å². The molecule has 0 fully saturated rings. The Balaban J connectivity index is 4.39. The molecule has 0 aliphatic rings. The lowest BCUT2D eigenvalue weighted by atomic mass is 9.79. The smallest absolute Gasteiger partial charge is 0.0477 e. The van der Waals surface area contributed by atoms with Crippen molar-refractivity contribution in [2.24, 2.45) is 5.41 Å². The molecule has 0 radical (unpaired) electrons. The summed E-state index contributed by atoms with van der Waals surface area (Å²) in [5.41, 5.74) is -1.05. The molecule has 0 atom stereocenters. The van der Waals surface area contributed by atoms with Crippen molar-refractivity contribution >= 4 is 5.97 Å². The van der Waals surface area contributed by atoms with E-state index in [0.29, 0.717) is 6.42 Å². The van der Waals surface area contributed by atoms with Gasteiger partial charge in [0.05, 0.1) is 0 Å². The van der Waals surface area contributed by atoms with E-state index in [0.717, 1.165) is 0 Å². The highest BCUT2D eigenvalue weighted by Gasteiger charge is 2.28. The van der Waals surface area contributed by atoms with Gasteiger partial charge in [-0.15, -0.1) is 0 Å². The Hall–Kier alpha value is -0.610. The highest BCUT2D eigenvalue weighted by atomic mass is 16.4. The highest BCUT2D eigenvalue weighted by molar-refractivity contribution is 5.72. The predicted octanol–water partition coefficient (Wildman–Crippen LogP) is -1.10. The van der Waals surface area contributed by atoms with Crippen molar-refractivity contribution < 1.29 is 20.1 Å². The van der Waals surface area contributed by atoms with Crippen LogP contribution in [0.25, 0.3) is 0 Å². The summed E-state index contributed by atoms with van der Waals surface area (Å²) >= 11 is 0. The lowest BCUT2D eigenvalue weighted by Crippen LogP contribution is -2.43. The third kappa shape index (κ3) is 2.46. The van der Waals surface area contributed by atoms with Crippen molar-refractivity contribution in [1.82, 2.24) is 0 Å². The molecule has 72 valence electrons. The van der Waals surface area contributed by atoms with Crippen molar-refractivity contribution in [3.8, 4) is 0 Å². The molecule has 12 heavy (non-hydrogen) atoms. The third-order valence-electron chi connectivity index (χ3n) is 2.29. The van der Waals surface area contributed by atoms with E-state index in [1.165, 1.54) is 0 Å². The topological polar surface area (TPSA) is 80.6 Å². The number of carbonyl (C=O) groups excluding carboxylic acids is 1. The molecule has 0 saturated carbocycles. The number of carboxylic acid groups (broad SMARTS) is 1. The van der Waals surface area contributed by atoms with Gasteiger partial charge in [-0.25, -0.2) is 0 Å². The van der Waals surface area contributed by atoms with E-state index in [-0.39, 0.29) is 26.1 Å². The molecule has 0 spiro atoms.